The summed E-state index contributed by atoms with van der Waals surface area (Å²) >= 11 is 0. The molecule has 1 aromatic heterocycles. The van der Waals surface area contributed by atoms with Gasteiger partial charge in [-0.15, -0.1) is 0 Å². The van der Waals surface area contributed by atoms with Crippen LogP contribution in [0.15, 0.2) is 47.0 Å². The van der Waals surface area contributed by atoms with E-state index < -0.39 is 0 Å². The van der Waals surface area contributed by atoms with Crippen LogP contribution in [0.5, 0.6) is 0 Å². The number of Topliss-reactive ketones (excluding diaryl/α,β-unsaturated/α-hetero) is 1. The Hall–Kier alpha value is -2.49. The van der Waals surface area contributed by atoms with Gasteiger partial charge in [-0.25, -0.2) is 0 Å². The number of hydrogen-bond donors (Lipinski definition) is 0. The van der Waals surface area contributed by atoms with E-state index in [9.17, 15) is 4.79 Å². The van der Waals surface area contributed by atoms with Gasteiger partial charge in [-0.05, 0) is 30.2 Å². The second kappa shape index (κ2) is 5.48. The molecule has 0 bridgehead atoms. The predicted molar refractivity (Wildman–Crippen MR) is 81.0 cm³/mol. The Morgan fingerprint density at radius 3 is 2.67 bits per heavy atom. The SMILES string of the molecule is CCC(C(C)=O)c1nc(-c2ccc3ccccc3c2)no1. The molecule has 106 valence electrons. The Morgan fingerprint density at radius 1 is 1.19 bits per heavy atom. The number of benzene rings is 2. The monoisotopic (exact) mass is 280 g/mol. The molecule has 4 heteroatoms. The second-order valence-electron chi connectivity index (χ2n) is 5.09. The normalized spacial score (nSPS) is 12.5. The first-order valence-corrected chi connectivity index (χ1v) is 7.02. The van der Waals surface area contributed by atoms with Gasteiger partial charge >= 0.3 is 0 Å². The standard InChI is InChI=1S/C17H16N2O2/c1-3-15(11(2)20)17-18-16(19-21-17)14-9-8-12-6-4-5-7-13(12)10-14/h4-10,15H,3H2,1-2H3. The summed E-state index contributed by atoms with van der Waals surface area (Å²) in [6.45, 7) is 3.49. The van der Waals surface area contributed by atoms with Crippen LogP contribution in [0, 0.1) is 0 Å². The predicted octanol–water partition coefficient (Wildman–Crippen LogP) is 3.97. The van der Waals surface area contributed by atoms with Gasteiger partial charge < -0.3 is 4.52 Å². The van der Waals surface area contributed by atoms with E-state index in [0.717, 1.165) is 10.9 Å². The fourth-order valence-corrected chi connectivity index (χ4v) is 2.46. The van der Waals surface area contributed by atoms with Crippen molar-refractivity contribution in [2.24, 2.45) is 0 Å². The molecular formula is C17H16N2O2. The van der Waals surface area contributed by atoms with Crippen LogP contribution < -0.4 is 0 Å². The maximum Gasteiger partial charge on any atom is 0.237 e. The lowest BCUT2D eigenvalue weighted by Gasteiger charge is -2.03. The van der Waals surface area contributed by atoms with Crippen molar-refractivity contribution in [3.05, 3.63) is 48.4 Å². The number of ketones is 1. The number of fused-ring (bicyclic) bond motifs is 1. The molecule has 3 aromatic rings. The van der Waals surface area contributed by atoms with Gasteiger partial charge in [0, 0.05) is 5.56 Å². The van der Waals surface area contributed by atoms with Gasteiger partial charge in [0.15, 0.2) is 0 Å². The Bertz CT molecular complexity index is 792. The average Bonchev–Trinajstić information content (AvgIpc) is 2.96. The lowest BCUT2D eigenvalue weighted by molar-refractivity contribution is -0.119. The minimum Gasteiger partial charge on any atom is -0.338 e. The van der Waals surface area contributed by atoms with Crippen molar-refractivity contribution >= 4 is 16.6 Å². The molecule has 2 aromatic carbocycles. The van der Waals surface area contributed by atoms with Crippen molar-refractivity contribution in [2.45, 2.75) is 26.2 Å². The molecule has 0 radical (unpaired) electrons. The molecule has 0 aliphatic heterocycles. The Balaban J connectivity index is 1.99. The van der Waals surface area contributed by atoms with Gasteiger partial charge in [-0.3, -0.25) is 4.79 Å². The maximum atomic E-state index is 11.6. The molecule has 0 amide bonds. The summed E-state index contributed by atoms with van der Waals surface area (Å²) in [5.74, 6) is 0.654. The molecule has 0 spiro atoms. The molecule has 0 N–H and O–H groups in total. The first-order valence-electron chi connectivity index (χ1n) is 7.02. The van der Waals surface area contributed by atoms with Crippen LogP contribution >= 0.6 is 0 Å². The van der Waals surface area contributed by atoms with Crippen molar-refractivity contribution < 1.29 is 9.32 Å². The van der Waals surface area contributed by atoms with Gasteiger partial charge in [-0.1, -0.05) is 48.5 Å². The van der Waals surface area contributed by atoms with E-state index in [4.69, 9.17) is 4.52 Å². The number of carbonyl (C=O) groups excluding carboxylic acids is 1. The molecule has 0 saturated carbocycles. The summed E-state index contributed by atoms with van der Waals surface area (Å²) < 4.78 is 5.26. The molecule has 0 aliphatic rings. The highest BCUT2D eigenvalue weighted by molar-refractivity contribution is 5.86. The summed E-state index contributed by atoms with van der Waals surface area (Å²) in [5, 5.41) is 6.30. The smallest absolute Gasteiger partial charge is 0.237 e. The zero-order valence-electron chi connectivity index (χ0n) is 12.0. The van der Waals surface area contributed by atoms with E-state index in [-0.39, 0.29) is 11.7 Å². The summed E-state index contributed by atoms with van der Waals surface area (Å²) in [5.41, 5.74) is 0.891. The highest BCUT2D eigenvalue weighted by Gasteiger charge is 2.22. The van der Waals surface area contributed by atoms with Gasteiger partial charge in [0.25, 0.3) is 0 Å². The fraction of sp³-hybridized carbons (Fsp3) is 0.235. The highest BCUT2D eigenvalue weighted by Crippen LogP contribution is 2.25. The van der Waals surface area contributed by atoms with E-state index >= 15 is 0 Å². The Morgan fingerprint density at radius 2 is 1.95 bits per heavy atom. The van der Waals surface area contributed by atoms with Crippen LogP contribution in [0.1, 0.15) is 32.1 Å². The third-order valence-electron chi connectivity index (χ3n) is 3.65. The maximum absolute atomic E-state index is 11.6. The lowest BCUT2D eigenvalue weighted by Crippen LogP contribution is -2.07. The quantitative estimate of drug-likeness (QED) is 0.725. The molecule has 1 atom stereocenters. The van der Waals surface area contributed by atoms with Gasteiger partial charge in [0.1, 0.15) is 5.78 Å². The molecular weight excluding hydrogens is 264 g/mol. The van der Waals surface area contributed by atoms with Gasteiger partial charge in [0.2, 0.25) is 11.7 Å². The zero-order valence-corrected chi connectivity index (χ0v) is 12.0. The Kier molecular flexibility index (Phi) is 3.52. The van der Waals surface area contributed by atoms with Crippen molar-refractivity contribution in [1.82, 2.24) is 10.1 Å². The summed E-state index contributed by atoms with van der Waals surface area (Å²) in [6.07, 6.45) is 0.661. The fourth-order valence-electron chi connectivity index (χ4n) is 2.46. The van der Waals surface area contributed by atoms with E-state index in [1.165, 1.54) is 5.39 Å². The lowest BCUT2D eigenvalue weighted by atomic mass is 10.0. The summed E-state index contributed by atoms with van der Waals surface area (Å²) in [7, 11) is 0. The van der Waals surface area contributed by atoms with Crippen molar-refractivity contribution in [2.75, 3.05) is 0 Å². The van der Waals surface area contributed by atoms with Crippen LogP contribution in [0.2, 0.25) is 0 Å². The van der Waals surface area contributed by atoms with Crippen LogP contribution in [0.25, 0.3) is 22.2 Å². The first-order chi connectivity index (χ1) is 10.2. The van der Waals surface area contributed by atoms with Crippen LogP contribution in [0.3, 0.4) is 0 Å². The highest BCUT2D eigenvalue weighted by atomic mass is 16.5. The minimum absolute atomic E-state index is 0.0474. The summed E-state index contributed by atoms with van der Waals surface area (Å²) in [4.78, 5) is 15.9. The number of hydrogen-bond acceptors (Lipinski definition) is 4. The number of aromatic nitrogens is 2. The second-order valence-corrected chi connectivity index (χ2v) is 5.09. The van der Waals surface area contributed by atoms with E-state index in [0.29, 0.717) is 18.1 Å². The Labute approximate surface area is 122 Å². The topological polar surface area (TPSA) is 56.0 Å². The van der Waals surface area contributed by atoms with Crippen molar-refractivity contribution in [3.63, 3.8) is 0 Å². The van der Waals surface area contributed by atoms with E-state index in [1.54, 1.807) is 6.92 Å². The first kappa shape index (κ1) is 13.5. The minimum atomic E-state index is -0.313. The van der Waals surface area contributed by atoms with E-state index in [2.05, 4.69) is 16.2 Å². The van der Waals surface area contributed by atoms with Crippen LogP contribution in [-0.4, -0.2) is 15.9 Å². The molecule has 4 nitrogen and oxygen atoms in total. The van der Waals surface area contributed by atoms with Gasteiger partial charge in [0.05, 0.1) is 5.92 Å². The average molecular weight is 280 g/mol. The zero-order chi connectivity index (χ0) is 14.8. The van der Waals surface area contributed by atoms with Crippen LogP contribution in [0.4, 0.5) is 0 Å². The number of carbonyl (C=O) groups is 1. The van der Waals surface area contributed by atoms with E-state index in [1.807, 2.05) is 43.3 Å². The molecule has 0 saturated heterocycles. The molecule has 0 aliphatic carbocycles. The summed E-state index contributed by atoms with van der Waals surface area (Å²) in [6, 6.07) is 14.1. The largest absolute Gasteiger partial charge is 0.338 e. The third kappa shape index (κ3) is 2.57. The molecule has 1 heterocycles. The molecule has 0 fully saturated rings. The van der Waals surface area contributed by atoms with Crippen molar-refractivity contribution in [1.29, 1.82) is 0 Å². The molecule has 3 rings (SSSR count). The van der Waals surface area contributed by atoms with Gasteiger partial charge in [-0.2, -0.15) is 4.98 Å². The molecule has 1 unspecified atom stereocenters. The third-order valence-corrected chi connectivity index (χ3v) is 3.65. The molecule has 21 heavy (non-hydrogen) atoms. The number of nitrogens with zero attached hydrogens (tertiary/aromatic N) is 2. The van der Waals surface area contributed by atoms with Crippen LogP contribution in [-0.2, 0) is 4.79 Å². The van der Waals surface area contributed by atoms with Crippen molar-refractivity contribution in [3.8, 4) is 11.4 Å². The number of rotatable bonds is 4.